The number of hydrogen-bond acceptors (Lipinski definition) is 8. The number of amides is 3. The van der Waals surface area contributed by atoms with Crippen molar-refractivity contribution >= 4 is 47.2 Å². The number of nitrogens with one attached hydrogen (secondary N) is 3. The van der Waals surface area contributed by atoms with Crippen molar-refractivity contribution in [3.05, 3.63) is 29.8 Å². The smallest absolute Gasteiger partial charge is 0.326 e. The molecule has 1 aromatic rings. The first kappa shape index (κ1) is 32.6. The van der Waals surface area contributed by atoms with Crippen LogP contribution in [0.3, 0.4) is 0 Å². The average Bonchev–Trinajstić information content (AvgIpc) is 2.84. The van der Waals surface area contributed by atoms with Crippen molar-refractivity contribution in [3.8, 4) is 5.75 Å². The Hall–Kier alpha value is -2.44. The second kappa shape index (κ2) is 17.1. The lowest BCUT2D eigenvalue weighted by molar-refractivity contribution is -0.142. The topological polar surface area (TPSA) is 171 Å². The molecule has 0 aliphatic heterocycles. The lowest BCUT2D eigenvalue weighted by Gasteiger charge is -2.26. The van der Waals surface area contributed by atoms with E-state index in [1.54, 1.807) is 23.9 Å². The van der Waals surface area contributed by atoms with Gasteiger partial charge in [0.1, 0.15) is 23.9 Å². The van der Waals surface area contributed by atoms with E-state index in [1.807, 2.05) is 26.4 Å². The molecule has 0 aliphatic carbocycles. The van der Waals surface area contributed by atoms with Crippen LogP contribution in [-0.2, 0) is 25.6 Å². The summed E-state index contributed by atoms with van der Waals surface area (Å²) in [5, 5.41) is 27.1. The maximum absolute atomic E-state index is 13.2. The van der Waals surface area contributed by atoms with Crippen molar-refractivity contribution in [2.45, 2.75) is 63.7 Å². The van der Waals surface area contributed by atoms with Crippen LogP contribution < -0.4 is 21.7 Å². The zero-order chi connectivity index (χ0) is 28.0. The minimum Gasteiger partial charge on any atom is -0.508 e. The number of carbonyl (C=O) groups is 4. The van der Waals surface area contributed by atoms with Gasteiger partial charge in [0.15, 0.2) is 0 Å². The summed E-state index contributed by atoms with van der Waals surface area (Å²) < 4.78 is 0. The third-order valence-corrected chi connectivity index (χ3v) is 6.83. The molecular formula is C25H40N4O6S2. The van der Waals surface area contributed by atoms with Crippen LogP contribution in [-0.4, -0.2) is 82.1 Å². The van der Waals surface area contributed by atoms with E-state index in [4.69, 9.17) is 5.73 Å². The number of carboxylic acids is 1. The SMILES string of the molecule is CSCCC(N)C(=O)NC(CC(C)C)C(=O)NC(CCSC)C(=O)NC(Cc1ccc(O)cc1)C(=O)O. The van der Waals surface area contributed by atoms with Crippen molar-refractivity contribution in [2.75, 3.05) is 24.0 Å². The van der Waals surface area contributed by atoms with E-state index in [9.17, 15) is 29.4 Å². The Morgan fingerprint density at radius 2 is 1.35 bits per heavy atom. The van der Waals surface area contributed by atoms with Crippen LogP contribution >= 0.6 is 23.5 Å². The monoisotopic (exact) mass is 556 g/mol. The van der Waals surface area contributed by atoms with Crippen molar-refractivity contribution in [3.63, 3.8) is 0 Å². The molecule has 37 heavy (non-hydrogen) atoms. The molecule has 0 saturated heterocycles. The molecule has 0 heterocycles. The minimum atomic E-state index is -1.23. The molecule has 0 spiro atoms. The molecular weight excluding hydrogens is 516 g/mol. The van der Waals surface area contributed by atoms with Gasteiger partial charge in [-0.3, -0.25) is 14.4 Å². The number of rotatable bonds is 17. The molecule has 0 aromatic heterocycles. The highest BCUT2D eigenvalue weighted by Gasteiger charge is 2.30. The Balaban J connectivity index is 2.97. The Morgan fingerprint density at radius 3 is 1.89 bits per heavy atom. The molecule has 0 fully saturated rings. The first-order valence-electron chi connectivity index (χ1n) is 12.1. The number of benzene rings is 1. The normalized spacial score (nSPS) is 14.3. The van der Waals surface area contributed by atoms with Crippen LogP contribution in [0.5, 0.6) is 5.75 Å². The minimum absolute atomic E-state index is 0.00448. The summed E-state index contributed by atoms with van der Waals surface area (Å²) in [7, 11) is 0. The van der Waals surface area contributed by atoms with E-state index in [2.05, 4.69) is 16.0 Å². The molecule has 0 saturated carbocycles. The summed E-state index contributed by atoms with van der Waals surface area (Å²) in [4.78, 5) is 50.7. The number of carbonyl (C=O) groups excluding carboxylic acids is 3. The zero-order valence-corrected chi connectivity index (χ0v) is 23.5. The van der Waals surface area contributed by atoms with Crippen molar-refractivity contribution in [1.82, 2.24) is 16.0 Å². The number of aromatic hydroxyl groups is 1. The summed E-state index contributed by atoms with van der Waals surface area (Å²) in [6.07, 6.45) is 4.88. The van der Waals surface area contributed by atoms with Crippen molar-refractivity contribution in [2.24, 2.45) is 11.7 Å². The summed E-state index contributed by atoms with van der Waals surface area (Å²) in [5.74, 6) is -1.41. The number of phenols is 1. The van der Waals surface area contributed by atoms with Gasteiger partial charge in [0, 0.05) is 6.42 Å². The molecule has 12 heteroatoms. The number of hydrogen-bond donors (Lipinski definition) is 6. The molecule has 7 N–H and O–H groups in total. The number of nitrogens with two attached hydrogens (primary N) is 1. The van der Waals surface area contributed by atoms with E-state index in [0.717, 1.165) is 0 Å². The number of phenolic OH excluding ortho intramolecular Hbond substituents is 1. The third kappa shape index (κ3) is 12.6. The first-order valence-corrected chi connectivity index (χ1v) is 14.9. The number of thioether (sulfide) groups is 2. The third-order valence-electron chi connectivity index (χ3n) is 5.54. The number of aliphatic carboxylic acids is 1. The molecule has 208 valence electrons. The Morgan fingerprint density at radius 1 is 0.838 bits per heavy atom. The molecule has 10 nitrogen and oxygen atoms in total. The highest BCUT2D eigenvalue weighted by atomic mass is 32.2. The van der Waals surface area contributed by atoms with Gasteiger partial charge in [0.05, 0.1) is 6.04 Å². The molecule has 0 aliphatic rings. The lowest BCUT2D eigenvalue weighted by Crippen LogP contribution is -2.57. The second-order valence-electron chi connectivity index (χ2n) is 9.19. The molecule has 3 amide bonds. The summed E-state index contributed by atoms with van der Waals surface area (Å²) in [6, 6.07) is 2.18. The van der Waals surface area contributed by atoms with E-state index in [0.29, 0.717) is 29.9 Å². The molecule has 4 unspecified atom stereocenters. The Bertz CT molecular complexity index is 884. The van der Waals surface area contributed by atoms with Crippen LogP contribution in [0.4, 0.5) is 0 Å². The highest BCUT2D eigenvalue weighted by molar-refractivity contribution is 7.98. The molecule has 1 aromatic carbocycles. The fraction of sp³-hybridized carbons (Fsp3) is 0.600. The van der Waals surface area contributed by atoms with Crippen LogP contribution in [0.2, 0.25) is 0 Å². The van der Waals surface area contributed by atoms with Crippen LogP contribution in [0.15, 0.2) is 24.3 Å². The Labute approximate surface area is 227 Å². The number of carboxylic acid groups (broad SMARTS) is 1. The van der Waals surface area contributed by atoms with Gasteiger partial charge in [-0.2, -0.15) is 23.5 Å². The van der Waals surface area contributed by atoms with Gasteiger partial charge in [-0.1, -0.05) is 26.0 Å². The van der Waals surface area contributed by atoms with Gasteiger partial charge in [-0.15, -0.1) is 0 Å². The van der Waals surface area contributed by atoms with Gasteiger partial charge >= 0.3 is 5.97 Å². The largest absolute Gasteiger partial charge is 0.508 e. The van der Waals surface area contributed by atoms with Gasteiger partial charge in [0.25, 0.3) is 0 Å². The van der Waals surface area contributed by atoms with Crippen molar-refractivity contribution in [1.29, 1.82) is 0 Å². The van der Waals surface area contributed by atoms with E-state index in [-0.39, 0.29) is 24.5 Å². The summed E-state index contributed by atoms with van der Waals surface area (Å²) in [5.41, 5.74) is 6.58. The predicted molar refractivity (Wildman–Crippen MR) is 149 cm³/mol. The van der Waals surface area contributed by atoms with Gasteiger partial charge in [-0.25, -0.2) is 4.79 Å². The molecule has 1 rings (SSSR count). The molecule has 4 atom stereocenters. The summed E-state index contributed by atoms with van der Waals surface area (Å²) >= 11 is 3.06. The maximum atomic E-state index is 13.2. The van der Waals surface area contributed by atoms with E-state index in [1.165, 1.54) is 23.9 Å². The fourth-order valence-corrected chi connectivity index (χ4v) is 4.44. The zero-order valence-electron chi connectivity index (χ0n) is 21.9. The molecule has 0 bridgehead atoms. The lowest BCUT2D eigenvalue weighted by atomic mass is 10.0. The van der Waals surface area contributed by atoms with E-state index < -0.39 is 47.9 Å². The predicted octanol–water partition coefficient (Wildman–Crippen LogP) is 1.35. The second-order valence-corrected chi connectivity index (χ2v) is 11.2. The van der Waals surface area contributed by atoms with Gasteiger partial charge in [-0.05, 0) is 66.9 Å². The molecule has 0 radical (unpaired) electrons. The summed E-state index contributed by atoms with van der Waals surface area (Å²) in [6.45, 7) is 3.83. The van der Waals surface area contributed by atoms with Crippen LogP contribution in [0.1, 0.15) is 38.7 Å². The Kier molecular flexibility index (Phi) is 15.1. The quantitative estimate of drug-likeness (QED) is 0.166. The van der Waals surface area contributed by atoms with Gasteiger partial charge < -0.3 is 31.9 Å². The fourth-order valence-electron chi connectivity index (χ4n) is 3.47. The highest BCUT2D eigenvalue weighted by Crippen LogP contribution is 2.12. The standard InChI is InChI=1S/C25H40N4O6S2/c1-15(2)13-20(28-22(31)18(26)9-11-36-3)24(33)27-19(10-12-37-4)23(32)29-21(25(34)35)14-16-5-7-17(30)8-6-16/h5-8,15,18-21,30H,9-14,26H2,1-4H3,(H,27,33)(H,28,31)(H,29,32)(H,34,35). The average molecular weight is 557 g/mol. The van der Waals surface area contributed by atoms with Crippen molar-refractivity contribution < 1.29 is 29.4 Å². The first-order chi connectivity index (χ1) is 17.5. The maximum Gasteiger partial charge on any atom is 0.326 e. The van der Waals surface area contributed by atoms with E-state index >= 15 is 0 Å². The van der Waals surface area contributed by atoms with Gasteiger partial charge in [0.2, 0.25) is 17.7 Å². The van der Waals surface area contributed by atoms with Crippen LogP contribution in [0, 0.1) is 5.92 Å². The van der Waals surface area contributed by atoms with Crippen LogP contribution in [0.25, 0.3) is 0 Å².